The molecule has 0 atom stereocenters. The largest absolute Gasteiger partial charge is 0.471 e. The molecule has 0 unspecified atom stereocenters. The lowest BCUT2D eigenvalue weighted by molar-refractivity contribution is -0.185. The van der Waals surface area contributed by atoms with Crippen molar-refractivity contribution < 1.29 is 18.0 Å². The number of hydrogen-bond donors (Lipinski definition) is 1. The minimum absolute atomic E-state index is 0.0721. The summed E-state index contributed by atoms with van der Waals surface area (Å²) in [6, 6.07) is 7.16. The van der Waals surface area contributed by atoms with Gasteiger partial charge in [0.1, 0.15) is 0 Å². The predicted molar refractivity (Wildman–Crippen MR) is 70.3 cm³/mol. The monoisotopic (exact) mass is 287 g/mol. The second-order valence-corrected chi connectivity index (χ2v) is 4.72. The number of carbonyl (C=O) groups is 1. The molecule has 0 radical (unpaired) electrons. The number of anilines is 2. The Balaban J connectivity index is 2.02. The van der Waals surface area contributed by atoms with E-state index in [0.717, 1.165) is 10.6 Å². The van der Waals surface area contributed by atoms with Gasteiger partial charge < -0.3 is 15.5 Å². The quantitative estimate of drug-likeness (QED) is 0.802. The van der Waals surface area contributed by atoms with E-state index >= 15 is 0 Å². The number of nitrogens with zero attached hydrogens (tertiary/aromatic N) is 2. The van der Waals surface area contributed by atoms with Crippen LogP contribution < -0.4 is 10.6 Å². The normalized spacial score (nSPS) is 16.9. The maximum absolute atomic E-state index is 12.4. The zero-order valence-corrected chi connectivity index (χ0v) is 10.9. The van der Waals surface area contributed by atoms with Gasteiger partial charge in [-0.25, -0.2) is 0 Å². The third-order valence-electron chi connectivity index (χ3n) is 3.28. The maximum atomic E-state index is 12.4. The third-order valence-corrected chi connectivity index (χ3v) is 3.28. The number of rotatable bonds is 1. The van der Waals surface area contributed by atoms with E-state index in [9.17, 15) is 18.0 Å². The summed E-state index contributed by atoms with van der Waals surface area (Å²) in [7, 11) is 0. The summed E-state index contributed by atoms with van der Waals surface area (Å²) in [5.41, 5.74) is 7.14. The van der Waals surface area contributed by atoms with Crippen molar-refractivity contribution in [3.63, 3.8) is 0 Å². The molecule has 0 aliphatic carbocycles. The van der Waals surface area contributed by atoms with Crippen molar-refractivity contribution in [3.8, 4) is 0 Å². The van der Waals surface area contributed by atoms with Crippen molar-refractivity contribution in [3.05, 3.63) is 24.3 Å². The van der Waals surface area contributed by atoms with Crippen LogP contribution in [-0.2, 0) is 4.79 Å². The molecule has 2 N–H and O–H groups in total. The summed E-state index contributed by atoms with van der Waals surface area (Å²) < 4.78 is 37.2. The highest BCUT2D eigenvalue weighted by molar-refractivity contribution is 5.82. The van der Waals surface area contributed by atoms with Crippen molar-refractivity contribution >= 4 is 17.3 Å². The molecule has 1 heterocycles. The van der Waals surface area contributed by atoms with Gasteiger partial charge >= 0.3 is 12.1 Å². The van der Waals surface area contributed by atoms with Crippen LogP contribution >= 0.6 is 0 Å². The van der Waals surface area contributed by atoms with E-state index in [2.05, 4.69) is 0 Å². The number of hydrogen-bond acceptors (Lipinski definition) is 3. The number of nitrogens with two attached hydrogens (primary N) is 1. The molecule has 1 saturated heterocycles. The van der Waals surface area contributed by atoms with E-state index < -0.39 is 12.1 Å². The standard InChI is InChI=1S/C13H16F3N3O/c14-13(15,16)12(20)19-7-1-6-18(8-9-19)11-4-2-10(17)3-5-11/h2-5H,1,6-9,17H2. The highest BCUT2D eigenvalue weighted by Gasteiger charge is 2.42. The average molecular weight is 287 g/mol. The van der Waals surface area contributed by atoms with Crippen molar-refractivity contribution in [1.82, 2.24) is 4.90 Å². The van der Waals surface area contributed by atoms with Gasteiger partial charge in [-0.2, -0.15) is 13.2 Å². The first-order valence-corrected chi connectivity index (χ1v) is 6.34. The van der Waals surface area contributed by atoms with Crippen LogP contribution in [0, 0.1) is 0 Å². The Kier molecular flexibility index (Phi) is 4.06. The zero-order valence-electron chi connectivity index (χ0n) is 10.9. The number of amides is 1. The number of nitrogen functional groups attached to an aromatic ring is 1. The molecule has 1 fully saturated rings. The van der Waals surface area contributed by atoms with Gasteiger partial charge in [-0.3, -0.25) is 4.79 Å². The maximum Gasteiger partial charge on any atom is 0.471 e. The van der Waals surface area contributed by atoms with Crippen LogP contribution in [0.5, 0.6) is 0 Å². The summed E-state index contributed by atoms with van der Waals surface area (Å²) in [4.78, 5) is 14.1. The summed E-state index contributed by atoms with van der Waals surface area (Å²) in [6.07, 6.45) is -4.29. The number of carbonyl (C=O) groups excluding carboxylic acids is 1. The lowest BCUT2D eigenvalue weighted by Gasteiger charge is -2.24. The Morgan fingerprint density at radius 2 is 1.70 bits per heavy atom. The van der Waals surface area contributed by atoms with Crippen molar-refractivity contribution in [2.45, 2.75) is 12.6 Å². The van der Waals surface area contributed by atoms with Crippen LogP contribution in [0.15, 0.2) is 24.3 Å². The minimum atomic E-state index is -4.80. The van der Waals surface area contributed by atoms with Crippen LogP contribution in [0.4, 0.5) is 24.5 Å². The van der Waals surface area contributed by atoms with Crippen molar-refractivity contribution in [2.75, 3.05) is 36.8 Å². The Morgan fingerprint density at radius 1 is 1.05 bits per heavy atom. The minimum Gasteiger partial charge on any atom is -0.399 e. The highest BCUT2D eigenvalue weighted by atomic mass is 19.4. The van der Waals surface area contributed by atoms with Gasteiger partial charge in [0, 0.05) is 37.6 Å². The fraction of sp³-hybridized carbons (Fsp3) is 0.462. The van der Waals surface area contributed by atoms with E-state index in [-0.39, 0.29) is 13.1 Å². The van der Waals surface area contributed by atoms with Crippen LogP contribution in [0.2, 0.25) is 0 Å². The Hall–Kier alpha value is -1.92. The molecule has 20 heavy (non-hydrogen) atoms. The SMILES string of the molecule is Nc1ccc(N2CCCN(C(=O)C(F)(F)F)CC2)cc1. The molecule has 0 bridgehead atoms. The van der Waals surface area contributed by atoms with Gasteiger partial charge in [0.05, 0.1) is 0 Å². The molecule has 0 spiro atoms. The van der Waals surface area contributed by atoms with E-state index in [1.807, 2.05) is 17.0 Å². The lowest BCUT2D eigenvalue weighted by Crippen LogP contribution is -2.43. The molecule has 1 aromatic rings. The van der Waals surface area contributed by atoms with E-state index in [1.165, 1.54) is 0 Å². The van der Waals surface area contributed by atoms with Gasteiger partial charge in [-0.15, -0.1) is 0 Å². The summed E-state index contributed by atoms with van der Waals surface area (Å²) in [5, 5.41) is 0. The van der Waals surface area contributed by atoms with Crippen molar-refractivity contribution in [1.29, 1.82) is 0 Å². The second-order valence-electron chi connectivity index (χ2n) is 4.72. The molecule has 4 nitrogen and oxygen atoms in total. The van der Waals surface area contributed by atoms with Crippen LogP contribution in [-0.4, -0.2) is 43.2 Å². The van der Waals surface area contributed by atoms with E-state index in [4.69, 9.17) is 5.73 Å². The fourth-order valence-corrected chi connectivity index (χ4v) is 2.24. The zero-order chi connectivity index (χ0) is 14.8. The first-order chi connectivity index (χ1) is 9.38. The molecular formula is C13H16F3N3O. The Morgan fingerprint density at radius 3 is 2.30 bits per heavy atom. The molecule has 0 saturated carbocycles. The molecule has 2 rings (SSSR count). The third kappa shape index (κ3) is 3.34. The predicted octanol–water partition coefficient (Wildman–Crippen LogP) is 1.87. The topological polar surface area (TPSA) is 49.6 Å². The molecule has 1 aliphatic rings. The van der Waals surface area contributed by atoms with Crippen LogP contribution in [0.1, 0.15) is 6.42 Å². The second kappa shape index (κ2) is 5.60. The van der Waals surface area contributed by atoms with Crippen molar-refractivity contribution in [2.24, 2.45) is 0 Å². The first kappa shape index (κ1) is 14.5. The van der Waals surface area contributed by atoms with Gasteiger partial charge in [0.2, 0.25) is 0 Å². The van der Waals surface area contributed by atoms with E-state index in [0.29, 0.717) is 25.2 Å². The molecular weight excluding hydrogens is 271 g/mol. The van der Waals surface area contributed by atoms with Crippen LogP contribution in [0.3, 0.4) is 0 Å². The van der Waals surface area contributed by atoms with Gasteiger partial charge in [-0.1, -0.05) is 0 Å². The number of alkyl halides is 3. The molecule has 1 aliphatic heterocycles. The average Bonchev–Trinajstić information content (AvgIpc) is 2.63. The fourth-order valence-electron chi connectivity index (χ4n) is 2.24. The molecule has 7 heteroatoms. The lowest BCUT2D eigenvalue weighted by atomic mass is 10.2. The molecule has 0 aromatic heterocycles. The molecule has 1 aromatic carbocycles. The van der Waals surface area contributed by atoms with Gasteiger partial charge in [0.25, 0.3) is 0 Å². The summed E-state index contributed by atoms with van der Waals surface area (Å²) >= 11 is 0. The highest BCUT2D eigenvalue weighted by Crippen LogP contribution is 2.22. The summed E-state index contributed by atoms with van der Waals surface area (Å²) in [5.74, 6) is -1.75. The van der Waals surface area contributed by atoms with Crippen LogP contribution in [0.25, 0.3) is 0 Å². The van der Waals surface area contributed by atoms with E-state index in [1.54, 1.807) is 12.1 Å². The molecule has 1 amide bonds. The Bertz CT molecular complexity index is 473. The first-order valence-electron chi connectivity index (χ1n) is 6.34. The summed E-state index contributed by atoms with van der Waals surface area (Å²) in [6.45, 7) is 1.20. The number of halogens is 3. The molecule has 110 valence electrons. The smallest absolute Gasteiger partial charge is 0.399 e. The Labute approximate surface area is 114 Å². The number of benzene rings is 1. The van der Waals surface area contributed by atoms with Gasteiger partial charge in [-0.05, 0) is 30.7 Å². The van der Waals surface area contributed by atoms with Gasteiger partial charge in [0.15, 0.2) is 0 Å².